The van der Waals surface area contributed by atoms with E-state index in [2.05, 4.69) is 0 Å². The zero-order chi connectivity index (χ0) is 18.1. The van der Waals surface area contributed by atoms with E-state index in [0.29, 0.717) is 45.8 Å². The average molecular weight is 350 g/mol. The first kappa shape index (κ1) is 19.2. The van der Waals surface area contributed by atoms with Crippen LogP contribution in [0.3, 0.4) is 0 Å². The van der Waals surface area contributed by atoms with Crippen molar-refractivity contribution in [1.82, 2.24) is 9.80 Å². The highest BCUT2D eigenvalue weighted by atomic mass is 16.5. The van der Waals surface area contributed by atoms with Crippen LogP contribution in [0.5, 0.6) is 5.75 Å². The highest BCUT2D eigenvalue weighted by Crippen LogP contribution is 2.13. The van der Waals surface area contributed by atoms with Crippen LogP contribution in [-0.4, -0.2) is 81.8 Å². The van der Waals surface area contributed by atoms with E-state index in [0.717, 1.165) is 11.3 Å². The zero-order valence-electron chi connectivity index (χ0n) is 14.9. The van der Waals surface area contributed by atoms with Gasteiger partial charge in [0.05, 0.1) is 26.7 Å². The van der Waals surface area contributed by atoms with Crippen LogP contribution >= 0.6 is 0 Å². The van der Waals surface area contributed by atoms with Gasteiger partial charge < -0.3 is 24.0 Å². The van der Waals surface area contributed by atoms with Gasteiger partial charge in [0.25, 0.3) is 0 Å². The molecule has 2 rings (SSSR count). The molecule has 0 aromatic heterocycles. The van der Waals surface area contributed by atoms with Crippen molar-refractivity contribution in [3.63, 3.8) is 0 Å². The van der Waals surface area contributed by atoms with Crippen LogP contribution in [0.4, 0.5) is 0 Å². The van der Waals surface area contributed by atoms with E-state index in [4.69, 9.17) is 14.2 Å². The standard InChI is InChI=1S/C18H26N2O5/c1-23-11-12-25-14-18(22)20-9-7-19(8-10-20)17(21)13-15-3-5-16(24-2)6-4-15/h3-6H,7-14H2,1-2H3. The van der Waals surface area contributed by atoms with Gasteiger partial charge in [-0.2, -0.15) is 0 Å². The van der Waals surface area contributed by atoms with Crippen molar-refractivity contribution >= 4 is 11.8 Å². The molecule has 0 atom stereocenters. The van der Waals surface area contributed by atoms with E-state index in [-0.39, 0.29) is 18.4 Å². The van der Waals surface area contributed by atoms with Crippen LogP contribution in [0, 0.1) is 0 Å². The molecule has 1 aromatic rings. The highest BCUT2D eigenvalue weighted by Gasteiger charge is 2.24. The summed E-state index contributed by atoms with van der Waals surface area (Å²) in [4.78, 5) is 28.0. The van der Waals surface area contributed by atoms with Crippen molar-refractivity contribution in [2.45, 2.75) is 6.42 Å². The fourth-order valence-electron chi connectivity index (χ4n) is 2.63. The minimum Gasteiger partial charge on any atom is -0.497 e. The number of amides is 2. The van der Waals surface area contributed by atoms with Gasteiger partial charge in [0.1, 0.15) is 12.4 Å². The Morgan fingerprint density at radius 1 is 0.920 bits per heavy atom. The first-order valence-corrected chi connectivity index (χ1v) is 8.39. The summed E-state index contributed by atoms with van der Waals surface area (Å²) < 4.78 is 15.2. The van der Waals surface area contributed by atoms with Crippen molar-refractivity contribution in [1.29, 1.82) is 0 Å². The smallest absolute Gasteiger partial charge is 0.248 e. The number of rotatable bonds is 8. The monoisotopic (exact) mass is 350 g/mol. The number of nitrogens with zero attached hydrogens (tertiary/aromatic N) is 2. The van der Waals surface area contributed by atoms with Crippen molar-refractivity contribution in [2.75, 3.05) is 60.2 Å². The molecule has 1 aliphatic heterocycles. The first-order chi connectivity index (χ1) is 12.1. The van der Waals surface area contributed by atoms with E-state index in [1.54, 1.807) is 24.0 Å². The molecule has 0 aliphatic carbocycles. The van der Waals surface area contributed by atoms with Crippen LogP contribution in [0.15, 0.2) is 24.3 Å². The van der Waals surface area contributed by atoms with Gasteiger partial charge in [0.15, 0.2) is 0 Å². The molecule has 1 aromatic carbocycles. The molecule has 0 N–H and O–H groups in total. The Bertz CT molecular complexity index is 553. The summed E-state index contributed by atoms with van der Waals surface area (Å²) in [7, 11) is 3.21. The number of benzene rings is 1. The van der Waals surface area contributed by atoms with Gasteiger partial charge in [-0.15, -0.1) is 0 Å². The molecule has 1 fully saturated rings. The van der Waals surface area contributed by atoms with Gasteiger partial charge in [-0.25, -0.2) is 0 Å². The summed E-state index contributed by atoms with van der Waals surface area (Å²) in [6.07, 6.45) is 0.359. The number of hydrogen-bond acceptors (Lipinski definition) is 5. The Balaban J connectivity index is 1.73. The third-order valence-electron chi connectivity index (χ3n) is 4.16. The molecule has 138 valence electrons. The van der Waals surface area contributed by atoms with Crippen LogP contribution < -0.4 is 4.74 Å². The largest absolute Gasteiger partial charge is 0.497 e. The first-order valence-electron chi connectivity index (χ1n) is 8.39. The number of carbonyl (C=O) groups excluding carboxylic acids is 2. The summed E-state index contributed by atoms with van der Waals surface area (Å²) in [5, 5.41) is 0. The van der Waals surface area contributed by atoms with Crippen molar-refractivity contribution < 1.29 is 23.8 Å². The lowest BCUT2D eigenvalue weighted by Gasteiger charge is -2.34. The number of piperazine rings is 1. The van der Waals surface area contributed by atoms with E-state index < -0.39 is 0 Å². The molecule has 2 amide bonds. The number of ether oxygens (including phenoxy) is 3. The molecule has 0 unspecified atom stereocenters. The van der Waals surface area contributed by atoms with Crippen LogP contribution in [0.1, 0.15) is 5.56 Å². The van der Waals surface area contributed by atoms with Gasteiger partial charge >= 0.3 is 0 Å². The van der Waals surface area contributed by atoms with E-state index in [1.165, 1.54) is 0 Å². The second-order valence-electron chi connectivity index (χ2n) is 5.83. The Morgan fingerprint density at radius 3 is 2.08 bits per heavy atom. The van der Waals surface area contributed by atoms with Gasteiger partial charge in [0, 0.05) is 33.3 Å². The van der Waals surface area contributed by atoms with Crippen LogP contribution in [0.25, 0.3) is 0 Å². The molecule has 0 radical (unpaired) electrons. The second kappa shape index (κ2) is 10.0. The summed E-state index contributed by atoms with van der Waals surface area (Å²) in [6.45, 7) is 3.13. The summed E-state index contributed by atoms with van der Waals surface area (Å²) in [5.74, 6) is 0.808. The van der Waals surface area contributed by atoms with Gasteiger partial charge in [-0.05, 0) is 17.7 Å². The fraction of sp³-hybridized carbons (Fsp3) is 0.556. The molecule has 1 aliphatic rings. The lowest BCUT2D eigenvalue weighted by Crippen LogP contribution is -2.51. The maximum Gasteiger partial charge on any atom is 0.248 e. The molecule has 0 bridgehead atoms. The number of carbonyl (C=O) groups is 2. The SMILES string of the molecule is COCCOCC(=O)N1CCN(C(=O)Cc2ccc(OC)cc2)CC1. The lowest BCUT2D eigenvalue weighted by atomic mass is 10.1. The van der Waals surface area contributed by atoms with E-state index in [9.17, 15) is 9.59 Å². The Labute approximate surface area is 148 Å². The van der Waals surface area contributed by atoms with Crippen LogP contribution in [-0.2, 0) is 25.5 Å². The van der Waals surface area contributed by atoms with E-state index >= 15 is 0 Å². The zero-order valence-corrected chi connectivity index (χ0v) is 14.9. The summed E-state index contributed by atoms with van der Waals surface area (Å²) in [6, 6.07) is 7.49. The maximum absolute atomic E-state index is 12.4. The third-order valence-corrected chi connectivity index (χ3v) is 4.16. The average Bonchev–Trinajstić information content (AvgIpc) is 2.66. The molecule has 1 heterocycles. The quantitative estimate of drug-likeness (QED) is 0.641. The van der Waals surface area contributed by atoms with Crippen molar-refractivity contribution in [2.24, 2.45) is 0 Å². The molecule has 0 spiro atoms. The topological polar surface area (TPSA) is 68.3 Å². The molecule has 7 heteroatoms. The van der Waals surface area contributed by atoms with E-state index in [1.807, 2.05) is 24.3 Å². The predicted molar refractivity (Wildman–Crippen MR) is 92.6 cm³/mol. The predicted octanol–water partition coefficient (Wildman–Crippen LogP) is 0.572. The highest BCUT2D eigenvalue weighted by molar-refractivity contribution is 5.80. The molecular formula is C18H26N2O5. The normalized spacial score (nSPS) is 14.5. The number of hydrogen-bond donors (Lipinski definition) is 0. The fourth-order valence-corrected chi connectivity index (χ4v) is 2.63. The summed E-state index contributed by atoms with van der Waals surface area (Å²) in [5.41, 5.74) is 0.954. The minimum atomic E-state index is -0.0432. The van der Waals surface area contributed by atoms with Crippen molar-refractivity contribution in [3.8, 4) is 5.75 Å². The Hall–Kier alpha value is -2.12. The van der Waals surface area contributed by atoms with Crippen LogP contribution in [0.2, 0.25) is 0 Å². The van der Waals surface area contributed by atoms with Crippen molar-refractivity contribution in [3.05, 3.63) is 29.8 Å². The maximum atomic E-state index is 12.4. The second-order valence-corrected chi connectivity index (χ2v) is 5.83. The van der Waals surface area contributed by atoms with Gasteiger partial charge in [0.2, 0.25) is 11.8 Å². The van der Waals surface area contributed by atoms with Gasteiger partial charge in [-0.3, -0.25) is 9.59 Å². The molecule has 1 saturated heterocycles. The summed E-state index contributed by atoms with van der Waals surface area (Å²) >= 11 is 0. The van der Waals surface area contributed by atoms with Gasteiger partial charge in [-0.1, -0.05) is 12.1 Å². The number of methoxy groups -OCH3 is 2. The Morgan fingerprint density at radius 2 is 1.52 bits per heavy atom. The third kappa shape index (κ3) is 6.03. The lowest BCUT2D eigenvalue weighted by molar-refractivity contribution is -0.142. The molecule has 25 heavy (non-hydrogen) atoms. The molecule has 7 nitrogen and oxygen atoms in total. The molecular weight excluding hydrogens is 324 g/mol. The molecule has 0 saturated carbocycles. The Kier molecular flexibility index (Phi) is 7.69. The minimum absolute atomic E-state index is 0.0432.